The molecular formula is C13H17NO3. The summed E-state index contributed by atoms with van der Waals surface area (Å²) in [5, 5.41) is 0. The lowest BCUT2D eigenvalue weighted by Crippen LogP contribution is -2.34. The summed E-state index contributed by atoms with van der Waals surface area (Å²) in [7, 11) is 0. The van der Waals surface area contributed by atoms with Gasteiger partial charge in [-0.25, -0.2) is 0 Å². The quantitative estimate of drug-likeness (QED) is 0.802. The van der Waals surface area contributed by atoms with Crippen molar-refractivity contribution in [2.45, 2.75) is 25.3 Å². The fourth-order valence-electron chi connectivity index (χ4n) is 2.08. The second-order valence-electron chi connectivity index (χ2n) is 4.14. The first kappa shape index (κ1) is 11.9. The monoisotopic (exact) mass is 235 g/mol. The Morgan fingerprint density at radius 1 is 1.59 bits per heavy atom. The maximum atomic E-state index is 11.5. The zero-order chi connectivity index (χ0) is 12.3. The number of para-hydroxylation sites is 1. The first-order valence-corrected chi connectivity index (χ1v) is 5.86. The second-order valence-corrected chi connectivity index (χ2v) is 4.14. The summed E-state index contributed by atoms with van der Waals surface area (Å²) in [5.74, 6) is 0.746. The van der Waals surface area contributed by atoms with Crippen LogP contribution < -0.4 is 10.5 Å². The molecule has 1 aromatic rings. The largest absolute Gasteiger partial charge is 0.493 e. The summed E-state index contributed by atoms with van der Waals surface area (Å²) in [4.78, 5) is 11.5. The van der Waals surface area contributed by atoms with Crippen molar-refractivity contribution in [1.82, 2.24) is 0 Å². The maximum absolute atomic E-state index is 11.5. The van der Waals surface area contributed by atoms with Gasteiger partial charge in [0.25, 0.3) is 0 Å². The molecule has 2 N–H and O–H groups in total. The maximum Gasteiger partial charge on any atom is 0.322 e. The molecule has 4 heteroatoms. The molecule has 0 aliphatic carbocycles. The number of nitrogens with two attached hydrogens (primary N) is 1. The zero-order valence-corrected chi connectivity index (χ0v) is 9.89. The molecule has 2 rings (SSSR count). The topological polar surface area (TPSA) is 61.5 Å². The van der Waals surface area contributed by atoms with Crippen molar-refractivity contribution in [2.75, 3.05) is 13.2 Å². The Bertz CT molecular complexity index is 405. The first-order valence-electron chi connectivity index (χ1n) is 5.86. The van der Waals surface area contributed by atoms with Crippen LogP contribution in [0.5, 0.6) is 5.75 Å². The molecule has 1 aliphatic heterocycles. The number of fused-ring (bicyclic) bond motifs is 1. The predicted octanol–water partition coefficient (Wildman–Crippen LogP) is 1.44. The molecule has 1 aliphatic rings. The minimum Gasteiger partial charge on any atom is -0.493 e. The Labute approximate surface area is 101 Å². The average Bonchev–Trinajstić information content (AvgIpc) is 2.73. The molecule has 0 amide bonds. The molecule has 0 saturated carbocycles. The molecule has 1 aromatic carbocycles. The lowest BCUT2D eigenvalue weighted by Gasteiger charge is -2.14. The third kappa shape index (κ3) is 2.58. The minimum atomic E-state index is -0.574. The van der Waals surface area contributed by atoms with E-state index in [1.54, 1.807) is 6.92 Å². The number of carbonyl (C=O) groups excluding carboxylic acids is 1. The average molecular weight is 235 g/mol. The number of rotatable bonds is 4. The van der Waals surface area contributed by atoms with E-state index in [0.717, 1.165) is 11.3 Å². The Kier molecular flexibility index (Phi) is 3.64. The van der Waals surface area contributed by atoms with Crippen molar-refractivity contribution in [3.63, 3.8) is 0 Å². The van der Waals surface area contributed by atoms with Crippen molar-refractivity contribution in [2.24, 2.45) is 5.73 Å². The van der Waals surface area contributed by atoms with Crippen LogP contribution in [0.1, 0.15) is 24.8 Å². The zero-order valence-electron chi connectivity index (χ0n) is 9.89. The smallest absolute Gasteiger partial charge is 0.322 e. The summed E-state index contributed by atoms with van der Waals surface area (Å²) >= 11 is 0. The molecule has 0 spiro atoms. The molecule has 2 atom stereocenters. The Morgan fingerprint density at radius 3 is 3.12 bits per heavy atom. The highest BCUT2D eigenvalue weighted by Crippen LogP contribution is 2.35. The van der Waals surface area contributed by atoms with Gasteiger partial charge in [0.1, 0.15) is 11.8 Å². The molecule has 2 unspecified atom stereocenters. The van der Waals surface area contributed by atoms with Crippen molar-refractivity contribution in [3.8, 4) is 5.75 Å². The summed E-state index contributed by atoms with van der Waals surface area (Å²) in [6.07, 6.45) is 0.565. The number of hydrogen-bond acceptors (Lipinski definition) is 4. The number of benzene rings is 1. The SMILES string of the molecule is CCOC(=O)C(N)CC1COc2ccccc21. The van der Waals surface area contributed by atoms with Crippen LogP contribution in [0.25, 0.3) is 0 Å². The Morgan fingerprint density at radius 2 is 2.35 bits per heavy atom. The highest BCUT2D eigenvalue weighted by Gasteiger charge is 2.28. The molecule has 0 saturated heterocycles. The number of esters is 1. The van der Waals surface area contributed by atoms with E-state index in [9.17, 15) is 4.79 Å². The van der Waals surface area contributed by atoms with E-state index in [1.807, 2.05) is 24.3 Å². The van der Waals surface area contributed by atoms with Crippen LogP contribution in [-0.2, 0) is 9.53 Å². The van der Waals surface area contributed by atoms with Gasteiger partial charge in [-0.3, -0.25) is 4.79 Å². The summed E-state index contributed by atoms with van der Waals surface area (Å²) in [6, 6.07) is 7.29. The minimum absolute atomic E-state index is 0.186. The number of hydrogen-bond donors (Lipinski definition) is 1. The van der Waals surface area contributed by atoms with Gasteiger partial charge in [-0.1, -0.05) is 18.2 Å². The fourth-order valence-corrected chi connectivity index (χ4v) is 2.08. The van der Waals surface area contributed by atoms with Gasteiger partial charge < -0.3 is 15.2 Å². The lowest BCUT2D eigenvalue weighted by molar-refractivity contribution is -0.144. The normalized spacial score (nSPS) is 19.3. The van der Waals surface area contributed by atoms with E-state index in [1.165, 1.54) is 0 Å². The van der Waals surface area contributed by atoms with E-state index < -0.39 is 6.04 Å². The van der Waals surface area contributed by atoms with E-state index in [2.05, 4.69) is 0 Å². The van der Waals surface area contributed by atoms with Gasteiger partial charge in [0.15, 0.2) is 0 Å². The standard InChI is InChI=1S/C13H17NO3/c1-2-16-13(15)11(14)7-9-8-17-12-6-4-3-5-10(9)12/h3-6,9,11H,2,7-8,14H2,1H3. The van der Waals surface area contributed by atoms with Gasteiger partial charge >= 0.3 is 5.97 Å². The van der Waals surface area contributed by atoms with Gasteiger partial charge in [0.2, 0.25) is 0 Å². The van der Waals surface area contributed by atoms with Crippen LogP contribution in [0.15, 0.2) is 24.3 Å². The highest BCUT2D eigenvalue weighted by atomic mass is 16.5. The van der Waals surface area contributed by atoms with Crippen LogP contribution in [0.4, 0.5) is 0 Å². The molecule has 0 bridgehead atoms. The van der Waals surface area contributed by atoms with Gasteiger partial charge in [0, 0.05) is 11.5 Å². The van der Waals surface area contributed by atoms with Crippen molar-refractivity contribution in [3.05, 3.63) is 29.8 Å². The van der Waals surface area contributed by atoms with Crippen LogP contribution in [0, 0.1) is 0 Å². The summed E-state index contributed by atoms with van der Waals surface area (Å²) in [5.41, 5.74) is 6.94. The summed E-state index contributed by atoms with van der Waals surface area (Å²) in [6.45, 7) is 2.73. The third-order valence-electron chi connectivity index (χ3n) is 2.93. The van der Waals surface area contributed by atoms with Crippen molar-refractivity contribution in [1.29, 1.82) is 0 Å². The molecule has 4 nitrogen and oxygen atoms in total. The Hall–Kier alpha value is -1.55. The van der Waals surface area contributed by atoms with Crippen LogP contribution in [0.2, 0.25) is 0 Å². The molecular weight excluding hydrogens is 218 g/mol. The highest BCUT2D eigenvalue weighted by molar-refractivity contribution is 5.75. The fraction of sp³-hybridized carbons (Fsp3) is 0.462. The van der Waals surface area contributed by atoms with Gasteiger partial charge in [-0.2, -0.15) is 0 Å². The van der Waals surface area contributed by atoms with E-state index in [-0.39, 0.29) is 11.9 Å². The lowest BCUT2D eigenvalue weighted by atomic mass is 9.94. The molecule has 0 aromatic heterocycles. The Balaban J connectivity index is 1.99. The van der Waals surface area contributed by atoms with E-state index in [4.69, 9.17) is 15.2 Å². The number of carbonyl (C=O) groups is 1. The van der Waals surface area contributed by atoms with E-state index in [0.29, 0.717) is 19.6 Å². The van der Waals surface area contributed by atoms with Crippen LogP contribution >= 0.6 is 0 Å². The van der Waals surface area contributed by atoms with Crippen LogP contribution in [0.3, 0.4) is 0 Å². The number of ether oxygens (including phenoxy) is 2. The molecule has 0 radical (unpaired) electrons. The van der Waals surface area contributed by atoms with Crippen molar-refractivity contribution < 1.29 is 14.3 Å². The second kappa shape index (κ2) is 5.19. The van der Waals surface area contributed by atoms with E-state index >= 15 is 0 Å². The van der Waals surface area contributed by atoms with Gasteiger partial charge in [-0.05, 0) is 19.4 Å². The first-order chi connectivity index (χ1) is 8.22. The predicted molar refractivity (Wildman–Crippen MR) is 63.9 cm³/mol. The third-order valence-corrected chi connectivity index (χ3v) is 2.93. The van der Waals surface area contributed by atoms with Gasteiger partial charge in [-0.15, -0.1) is 0 Å². The molecule has 17 heavy (non-hydrogen) atoms. The summed E-state index contributed by atoms with van der Waals surface area (Å²) < 4.78 is 10.4. The molecule has 0 fully saturated rings. The molecule has 1 heterocycles. The molecule has 92 valence electrons. The van der Waals surface area contributed by atoms with Crippen molar-refractivity contribution >= 4 is 5.97 Å². The van der Waals surface area contributed by atoms with Gasteiger partial charge in [0.05, 0.1) is 13.2 Å². The van der Waals surface area contributed by atoms with Crippen LogP contribution in [-0.4, -0.2) is 25.2 Å².